The molecule has 1 amide bonds. The van der Waals surface area contributed by atoms with Gasteiger partial charge in [0.15, 0.2) is 0 Å². The highest BCUT2D eigenvalue weighted by molar-refractivity contribution is 5.78. The van der Waals surface area contributed by atoms with Crippen LogP contribution in [0.4, 0.5) is 0 Å². The first-order chi connectivity index (χ1) is 7.74. The summed E-state index contributed by atoms with van der Waals surface area (Å²) in [6, 6.07) is 0.879. The van der Waals surface area contributed by atoms with E-state index in [4.69, 9.17) is 0 Å². The van der Waals surface area contributed by atoms with Crippen molar-refractivity contribution >= 4 is 5.91 Å². The third-order valence-corrected chi connectivity index (χ3v) is 3.53. The van der Waals surface area contributed by atoms with Gasteiger partial charge in [-0.3, -0.25) is 4.79 Å². The summed E-state index contributed by atoms with van der Waals surface area (Å²) >= 11 is 0. The van der Waals surface area contributed by atoms with E-state index in [-0.39, 0.29) is 5.91 Å². The predicted molar refractivity (Wildman–Crippen MR) is 64.3 cm³/mol. The Morgan fingerprint density at radius 3 is 2.88 bits per heavy atom. The fourth-order valence-corrected chi connectivity index (χ4v) is 2.59. The normalized spacial score (nSPS) is 28.3. The molecule has 4 heteroatoms. The van der Waals surface area contributed by atoms with E-state index < -0.39 is 0 Å². The number of nitrogens with one attached hydrogen (secondary N) is 2. The largest absolute Gasteiger partial charge is 0.352 e. The van der Waals surface area contributed by atoms with Gasteiger partial charge in [0.1, 0.15) is 0 Å². The first-order valence-electron chi connectivity index (χ1n) is 6.49. The van der Waals surface area contributed by atoms with E-state index in [1.165, 1.54) is 25.9 Å². The van der Waals surface area contributed by atoms with Gasteiger partial charge in [-0.25, -0.2) is 0 Å². The van der Waals surface area contributed by atoms with Crippen molar-refractivity contribution in [2.75, 3.05) is 26.2 Å². The molecule has 0 aromatic heterocycles. The maximum absolute atomic E-state index is 11.0. The summed E-state index contributed by atoms with van der Waals surface area (Å²) in [6.07, 6.45) is 4.39. The van der Waals surface area contributed by atoms with Gasteiger partial charge in [0.2, 0.25) is 5.91 Å². The topological polar surface area (TPSA) is 44.4 Å². The van der Waals surface area contributed by atoms with Crippen molar-refractivity contribution in [1.29, 1.82) is 0 Å². The predicted octanol–water partition coefficient (Wildman–Crippen LogP) is 0.339. The molecule has 92 valence electrons. The fraction of sp³-hybridized carbons (Fsp3) is 0.917. The number of carbonyl (C=O) groups is 1. The highest BCUT2D eigenvalue weighted by atomic mass is 16.1. The number of hydrogen-bond acceptors (Lipinski definition) is 3. The van der Waals surface area contributed by atoms with Crippen molar-refractivity contribution in [2.45, 2.75) is 44.7 Å². The summed E-state index contributed by atoms with van der Waals surface area (Å²) in [6.45, 7) is 6.80. The molecule has 2 fully saturated rings. The monoisotopic (exact) mass is 225 g/mol. The molecule has 0 spiro atoms. The van der Waals surface area contributed by atoms with E-state index in [0.717, 1.165) is 19.5 Å². The lowest BCUT2D eigenvalue weighted by molar-refractivity contribution is -0.119. The Balaban J connectivity index is 1.59. The Labute approximate surface area is 97.8 Å². The summed E-state index contributed by atoms with van der Waals surface area (Å²) < 4.78 is 0. The van der Waals surface area contributed by atoms with Crippen LogP contribution in [0.1, 0.15) is 32.6 Å². The average Bonchev–Trinajstić information content (AvgIpc) is 2.87. The molecule has 2 rings (SSSR count). The molecule has 0 saturated carbocycles. The Kier molecular flexibility index (Phi) is 4.18. The molecule has 2 heterocycles. The quantitative estimate of drug-likeness (QED) is 0.709. The van der Waals surface area contributed by atoms with Crippen molar-refractivity contribution in [3.63, 3.8) is 0 Å². The first-order valence-corrected chi connectivity index (χ1v) is 6.49. The number of nitrogens with zero attached hydrogens (tertiary/aromatic N) is 1. The second-order valence-electron chi connectivity index (χ2n) is 5.12. The average molecular weight is 225 g/mol. The van der Waals surface area contributed by atoms with E-state index in [1.807, 2.05) is 0 Å². The smallest absolute Gasteiger partial charge is 0.220 e. The lowest BCUT2D eigenvalue weighted by atomic mass is 10.2. The molecule has 0 aromatic carbocycles. The zero-order valence-electron chi connectivity index (χ0n) is 10.2. The van der Waals surface area contributed by atoms with Crippen LogP contribution < -0.4 is 10.6 Å². The molecule has 0 aromatic rings. The molecule has 4 nitrogen and oxygen atoms in total. The van der Waals surface area contributed by atoms with Crippen LogP contribution in [0.3, 0.4) is 0 Å². The van der Waals surface area contributed by atoms with Gasteiger partial charge in [0.25, 0.3) is 0 Å². The molecule has 0 radical (unpaired) electrons. The minimum absolute atomic E-state index is 0.207. The van der Waals surface area contributed by atoms with E-state index in [1.54, 1.807) is 0 Å². The van der Waals surface area contributed by atoms with Crippen LogP contribution in [0.25, 0.3) is 0 Å². The third-order valence-electron chi connectivity index (χ3n) is 3.53. The van der Waals surface area contributed by atoms with Gasteiger partial charge >= 0.3 is 0 Å². The summed E-state index contributed by atoms with van der Waals surface area (Å²) in [4.78, 5) is 13.5. The van der Waals surface area contributed by atoms with E-state index in [2.05, 4.69) is 22.5 Å². The van der Waals surface area contributed by atoms with E-state index in [0.29, 0.717) is 18.5 Å². The second-order valence-corrected chi connectivity index (χ2v) is 5.12. The van der Waals surface area contributed by atoms with Crippen LogP contribution in [0.2, 0.25) is 0 Å². The lowest BCUT2D eigenvalue weighted by Gasteiger charge is -2.22. The van der Waals surface area contributed by atoms with Crippen LogP contribution in [0.15, 0.2) is 0 Å². The Morgan fingerprint density at radius 1 is 1.50 bits per heavy atom. The molecule has 2 unspecified atom stereocenters. The fourth-order valence-electron chi connectivity index (χ4n) is 2.59. The summed E-state index contributed by atoms with van der Waals surface area (Å²) in [5, 5.41) is 6.50. The molecule has 0 aliphatic carbocycles. The third kappa shape index (κ3) is 3.46. The molecule has 2 aliphatic rings. The van der Waals surface area contributed by atoms with Crippen LogP contribution in [-0.2, 0) is 4.79 Å². The first kappa shape index (κ1) is 11.9. The standard InChI is InChI=1S/C12H23N3O/c1-10(9-15-6-2-3-7-15)13-8-11-4-5-12(16)14-11/h10-11,13H,2-9H2,1H3,(H,14,16). The molecule has 2 N–H and O–H groups in total. The van der Waals surface area contributed by atoms with Crippen LogP contribution >= 0.6 is 0 Å². The highest BCUT2D eigenvalue weighted by Gasteiger charge is 2.21. The highest BCUT2D eigenvalue weighted by Crippen LogP contribution is 2.08. The van der Waals surface area contributed by atoms with Crippen molar-refractivity contribution < 1.29 is 4.79 Å². The van der Waals surface area contributed by atoms with Gasteiger partial charge in [-0.15, -0.1) is 0 Å². The van der Waals surface area contributed by atoms with Crippen molar-refractivity contribution in [2.24, 2.45) is 0 Å². The Morgan fingerprint density at radius 2 is 2.25 bits per heavy atom. The number of hydrogen-bond donors (Lipinski definition) is 2. The van der Waals surface area contributed by atoms with Crippen molar-refractivity contribution in [3.8, 4) is 0 Å². The van der Waals surface area contributed by atoms with Crippen molar-refractivity contribution in [3.05, 3.63) is 0 Å². The number of rotatable bonds is 5. The molecule has 2 aliphatic heterocycles. The zero-order chi connectivity index (χ0) is 11.4. The summed E-state index contributed by atoms with van der Waals surface area (Å²) in [5.41, 5.74) is 0. The molecule has 16 heavy (non-hydrogen) atoms. The van der Waals surface area contributed by atoms with Crippen LogP contribution in [0.5, 0.6) is 0 Å². The number of likely N-dealkylation sites (tertiary alicyclic amines) is 1. The minimum atomic E-state index is 0.207. The number of amides is 1. The summed E-state index contributed by atoms with van der Waals surface area (Å²) in [7, 11) is 0. The van der Waals surface area contributed by atoms with Gasteiger partial charge < -0.3 is 15.5 Å². The van der Waals surface area contributed by atoms with Crippen LogP contribution in [0, 0.1) is 0 Å². The van der Waals surface area contributed by atoms with Gasteiger partial charge in [0, 0.05) is 31.6 Å². The second kappa shape index (κ2) is 5.64. The van der Waals surface area contributed by atoms with Crippen LogP contribution in [-0.4, -0.2) is 49.1 Å². The molecule has 2 atom stereocenters. The van der Waals surface area contributed by atoms with Crippen molar-refractivity contribution in [1.82, 2.24) is 15.5 Å². The van der Waals surface area contributed by atoms with Gasteiger partial charge in [-0.05, 0) is 39.3 Å². The molecule has 2 saturated heterocycles. The molecular weight excluding hydrogens is 202 g/mol. The number of carbonyl (C=O) groups excluding carboxylic acids is 1. The lowest BCUT2D eigenvalue weighted by Crippen LogP contribution is -2.43. The maximum Gasteiger partial charge on any atom is 0.220 e. The SMILES string of the molecule is CC(CN1CCCC1)NCC1CCC(=O)N1. The maximum atomic E-state index is 11.0. The Bertz CT molecular complexity index is 238. The minimum Gasteiger partial charge on any atom is -0.352 e. The van der Waals surface area contributed by atoms with E-state index in [9.17, 15) is 4.79 Å². The van der Waals surface area contributed by atoms with Gasteiger partial charge in [-0.2, -0.15) is 0 Å². The molecular formula is C12H23N3O. The van der Waals surface area contributed by atoms with Gasteiger partial charge in [-0.1, -0.05) is 0 Å². The van der Waals surface area contributed by atoms with Gasteiger partial charge in [0.05, 0.1) is 0 Å². The summed E-state index contributed by atoms with van der Waals surface area (Å²) in [5.74, 6) is 0.207. The molecule has 0 bridgehead atoms. The zero-order valence-corrected chi connectivity index (χ0v) is 10.2. The van der Waals surface area contributed by atoms with E-state index >= 15 is 0 Å². The Hall–Kier alpha value is -0.610.